The number of benzene rings is 2. The molecule has 1 aliphatic heterocycles. The molecule has 0 saturated carbocycles. The summed E-state index contributed by atoms with van der Waals surface area (Å²) in [6.45, 7) is 0.0676. The van der Waals surface area contributed by atoms with Crippen molar-refractivity contribution in [2.24, 2.45) is 5.73 Å². The summed E-state index contributed by atoms with van der Waals surface area (Å²) >= 11 is 0. The van der Waals surface area contributed by atoms with Crippen LogP contribution in [0.15, 0.2) is 54.7 Å². The average molecular weight is 482 g/mol. The van der Waals surface area contributed by atoms with E-state index >= 15 is 0 Å². The molecule has 1 fully saturated rings. The van der Waals surface area contributed by atoms with E-state index in [9.17, 15) is 27.6 Å². The van der Waals surface area contributed by atoms with Crippen LogP contribution >= 0.6 is 0 Å². The summed E-state index contributed by atoms with van der Waals surface area (Å²) in [5.41, 5.74) is 6.39. The number of rotatable bonds is 7. The van der Waals surface area contributed by atoms with Gasteiger partial charge in [0.2, 0.25) is 5.91 Å². The van der Waals surface area contributed by atoms with Gasteiger partial charge < -0.3 is 11.1 Å². The Balaban J connectivity index is 1.76. The molecule has 4 N–H and O–H groups in total. The van der Waals surface area contributed by atoms with Crippen LogP contribution in [0, 0.1) is 17.5 Å². The number of carbonyl (C=O) groups is 3. The molecule has 10 heteroatoms. The highest BCUT2D eigenvalue weighted by atomic mass is 19.1. The summed E-state index contributed by atoms with van der Waals surface area (Å²) in [5, 5.41) is 5.64. The molecule has 7 nitrogen and oxygen atoms in total. The maximum absolute atomic E-state index is 14.1. The van der Waals surface area contributed by atoms with Crippen LogP contribution in [0.25, 0.3) is 11.1 Å². The minimum atomic E-state index is -0.952. The minimum absolute atomic E-state index is 0.0160. The third-order valence-electron chi connectivity index (χ3n) is 5.68. The van der Waals surface area contributed by atoms with E-state index in [4.69, 9.17) is 5.73 Å². The fourth-order valence-electron chi connectivity index (χ4n) is 4.07. The molecule has 1 saturated heterocycles. The fraction of sp³-hybridized carbons (Fsp3) is 0.200. The average Bonchev–Trinajstić information content (AvgIpc) is 3.24. The molecule has 2 heterocycles. The molecule has 0 bridgehead atoms. The number of primary amides is 1. The van der Waals surface area contributed by atoms with Gasteiger partial charge in [0.1, 0.15) is 23.2 Å². The molecule has 3 aromatic rings. The molecule has 1 aromatic heterocycles. The molecule has 0 spiro atoms. The van der Waals surface area contributed by atoms with Crippen molar-refractivity contribution in [3.8, 4) is 11.1 Å². The molecule has 2 unspecified atom stereocenters. The summed E-state index contributed by atoms with van der Waals surface area (Å²) < 4.78 is 41.8. The van der Waals surface area contributed by atoms with Crippen molar-refractivity contribution in [1.82, 2.24) is 15.6 Å². The van der Waals surface area contributed by atoms with Crippen LogP contribution in [0.3, 0.4) is 0 Å². The van der Waals surface area contributed by atoms with Gasteiger partial charge in [-0.2, -0.15) is 0 Å². The molecule has 2 atom stereocenters. The Morgan fingerprint density at radius 1 is 1.11 bits per heavy atom. The number of hydrogen-bond donors (Lipinski definition) is 3. The SMILES string of the molecule is NC(=O)c1cc(-c2cccnc2C(Cc2cc(F)cc(F)c2)NC(=O)C2CC(=O)CN2)ccc1F. The molecule has 4 rings (SSSR count). The first kappa shape index (κ1) is 24.1. The van der Waals surface area contributed by atoms with Gasteiger partial charge in [-0.1, -0.05) is 12.1 Å². The summed E-state index contributed by atoms with van der Waals surface area (Å²) in [6, 6.07) is 8.46. The van der Waals surface area contributed by atoms with Crippen LogP contribution < -0.4 is 16.4 Å². The lowest BCUT2D eigenvalue weighted by Gasteiger charge is -2.23. The summed E-state index contributed by atoms with van der Waals surface area (Å²) in [5.74, 6) is -3.89. The predicted molar refractivity (Wildman–Crippen MR) is 121 cm³/mol. The van der Waals surface area contributed by atoms with E-state index in [-0.39, 0.29) is 36.3 Å². The molecule has 180 valence electrons. The third kappa shape index (κ3) is 5.55. The fourth-order valence-corrected chi connectivity index (χ4v) is 4.07. The maximum Gasteiger partial charge on any atom is 0.251 e. The van der Waals surface area contributed by atoms with Crippen molar-refractivity contribution < 1.29 is 27.6 Å². The third-order valence-corrected chi connectivity index (χ3v) is 5.68. The maximum atomic E-state index is 14.1. The summed E-state index contributed by atoms with van der Waals surface area (Å²) in [6.07, 6.45) is 1.46. The number of nitrogens with two attached hydrogens (primary N) is 1. The van der Waals surface area contributed by atoms with E-state index in [0.717, 1.165) is 24.3 Å². The van der Waals surface area contributed by atoms with E-state index < -0.39 is 41.3 Å². The number of ketones is 1. The summed E-state index contributed by atoms with van der Waals surface area (Å²) in [7, 11) is 0. The van der Waals surface area contributed by atoms with Gasteiger partial charge in [0.25, 0.3) is 5.91 Å². The number of amides is 2. The topological polar surface area (TPSA) is 114 Å². The first-order valence-electron chi connectivity index (χ1n) is 10.8. The lowest BCUT2D eigenvalue weighted by atomic mass is 9.94. The largest absolute Gasteiger partial charge is 0.366 e. The number of nitrogens with one attached hydrogen (secondary N) is 2. The smallest absolute Gasteiger partial charge is 0.251 e. The second-order valence-electron chi connectivity index (χ2n) is 8.21. The van der Waals surface area contributed by atoms with Gasteiger partial charge in [0.15, 0.2) is 0 Å². The Hall–Kier alpha value is -4.05. The highest BCUT2D eigenvalue weighted by Gasteiger charge is 2.30. The first-order chi connectivity index (χ1) is 16.7. The molecule has 0 aliphatic carbocycles. The second kappa shape index (κ2) is 10.1. The van der Waals surface area contributed by atoms with E-state index in [1.165, 1.54) is 18.3 Å². The van der Waals surface area contributed by atoms with Gasteiger partial charge in [-0.3, -0.25) is 24.7 Å². The molecule has 2 amide bonds. The van der Waals surface area contributed by atoms with E-state index in [1.54, 1.807) is 12.1 Å². The minimum Gasteiger partial charge on any atom is -0.366 e. The first-order valence-corrected chi connectivity index (χ1v) is 10.8. The van der Waals surface area contributed by atoms with Crippen LogP contribution in [-0.4, -0.2) is 35.2 Å². The van der Waals surface area contributed by atoms with Crippen LogP contribution in [-0.2, 0) is 16.0 Å². The summed E-state index contributed by atoms with van der Waals surface area (Å²) in [4.78, 5) is 40.6. The monoisotopic (exact) mass is 482 g/mol. The zero-order valence-corrected chi connectivity index (χ0v) is 18.4. The molecule has 1 aliphatic rings. The lowest BCUT2D eigenvalue weighted by molar-refractivity contribution is -0.125. The molecule has 2 aromatic carbocycles. The number of halogens is 3. The van der Waals surface area contributed by atoms with Gasteiger partial charge >= 0.3 is 0 Å². The quantitative estimate of drug-likeness (QED) is 0.479. The van der Waals surface area contributed by atoms with Crippen molar-refractivity contribution in [2.45, 2.75) is 24.9 Å². The Morgan fingerprint density at radius 2 is 1.86 bits per heavy atom. The number of hydrogen-bond acceptors (Lipinski definition) is 5. The van der Waals surface area contributed by atoms with Crippen LogP contribution in [0.5, 0.6) is 0 Å². The highest BCUT2D eigenvalue weighted by Crippen LogP contribution is 2.30. The van der Waals surface area contributed by atoms with Gasteiger partial charge in [0, 0.05) is 24.2 Å². The molecular formula is C25H21F3N4O3. The predicted octanol–water partition coefficient (Wildman–Crippen LogP) is 2.60. The van der Waals surface area contributed by atoms with Crippen molar-refractivity contribution >= 4 is 17.6 Å². The van der Waals surface area contributed by atoms with E-state index in [0.29, 0.717) is 16.8 Å². The highest BCUT2D eigenvalue weighted by molar-refractivity contribution is 5.95. The number of pyridine rings is 1. The van der Waals surface area contributed by atoms with Crippen LogP contribution in [0.4, 0.5) is 13.2 Å². The van der Waals surface area contributed by atoms with Gasteiger partial charge in [-0.05, 0) is 47.9 Å². The zero-order valence-electron chi connectivity index (χ0n) is 18.4. The number of aromatic nitrogens is 1. The van der Waals surface area contributed by atoms with Crippen LogP contribution in [0.2, 0.25) is 0 Å². The Bertz CT molecular complexity index is 1290. The van der Waals surface area contributed by atoms with Gasteiger partial charge in [-0.25, -0.2) is 13.2 Å². The van der Waals surface area contributed by atoms with Crippen molar-refractivity contribution in [2.75, 3.05) is 6.54 Å². The zero-order chi connectivity index (χ0) is 25.1. The van der Waals surface area contributed by atoms with Crippen molar-refractivity contribution in [3.63, 3.8) is 0 Å². The molecular weight excluding hydrogens is 461 g/mol. The van der Waals surface area contributed by atoms with E-state index in [2.05, 4.69) is 15.6 Å². The normalized spacial score (nSPS) is 16.2. The van der Waals surface area contributed by atoms with Gasteiger partial charge in [-0.15, -0.1) is 0 Å². The van der Waals surface area contributed by atoms with E-state index in [1.807, 2.05) is 0 Å². The van der Waals surface area contributed by atoms with Crippen molar-refractivity contribution in [1.29, 1.82) is 0 Å². The van der Waals surface area contributed by atoms with Crippen molar-refractivity contribution in [3.05, 3.63) is 89.0 Å². The number of Topliss-reactive ketones (excluding diaryl/α,β-unsaturated/α-hetero) is 1. The standard InChI is InChI=1S/C25H21F3N4O3/c26-15-6-13(7-16(27)10-15)8-21(32-25(35)22-11-17(33)12-31-22)23-18(2-1-5-30-23)14-3-4-20(28)19(9-14)24(29)34/h1-7,9-10,21-22,31H,8,11-12H2,(H2,29,34)(H,32,35). The second-order valence-corrected chi connectivity index (χ2v) is 8.21. The Morgan fingerprint density at radius 3 is 2.51 bits per heavy atom. The lowest BCUT2D eigenvalue weighted by Crippen LogP contribution is -2.43. The Labute approximate surface area is 198 Å². The number of carbonyl (C=O) groups excluding carboxylic acids is 3. The van der Waals surface area contributed by atoms with Crippen LogP contribution in [0.1, 0.15) is 34.1 Å². The molecule has 0 radical (unpaired) electrons. The molecule has 35 heavy (non-hydrogen) atoms. The Kier molecular flexibility index (Phi) is 6.92. The number of nitrogens with zero attached hydrogens (tertiary/aromatic N) is 1. The van der Waals surface area contributed by atoms with Gasteiger partial charge in [0.05, 0.1) is 29.9 Å².